The normalized spacial score (nSPS) is 31.0. The van der Waals surface area contributed by atoms with Gasteiger partial charge in [0.2, 0.25) is 0 Å². The van der Waals surface area contributed by atoms with Gasteiger partial charge in [-0.15, -0.1) is 0 Å². The number of hydrogen-bond acceptors (Lipinski definition) is 3. The molecule has 1 aromatic rings. The molecule has 3 rings (SSSR count). The van der Waals surface area contributed by atoms with E-state index in [4.69, 9.17) is 5.84 Å². The number of hydrogen-bond donors (Lipinski definition) is 2. The lowest BCUT2D eigenvalue weighted by molar-refractivity contribution is 0.274. The molecule has 4 unspecified atom stereocenters. The Bertz CT molecular complexity index is 439. The number of rotatable bonds is 5. The zero-order valence-corrected chi connectivity index (χ0v) is 12.1. The molecule has 2 aliphatic rings. The van der Waals surface area contributed by atoms with Crippen LogP contribution in [-0.2, 0) is 6.54 Å². The van der Waals surface area contributed by atoms with Crippen molar-refractivity contribution in [3.05, 3.63) is 17.5 Å². The molecule has 0 aromatic carbocycles. The minimum atomic E-state index is 0.255. The highest BCUT2D eigenvalue weighted by atomic mass is 15.3. The summed E-state index contributed by atoms with van der Waals surface area (Å²) >= 11 is 0. The van der Waals surface area contributed by atoms with Crippen LogP contribution < -0.4 is 11.3 Å². The number of aromatic nitrogens is 2. The third-order valence-corrected chi connectivity index (χ3v) is 5.21. The highest BCUT2D eigenvalue weighted by molar-refractivity contribution is 5.14. The average molecular weight is 262 g/mol. The third kappa shape index (κ3) is 2.43. The van der Waals surface area contributed by atoms with Crippen LogP contribution >= 0.6 is 0 Å². The standard InChI is InChI=1S/C15H26N4/c1-3-19-15(6-10(2)18-19)14(17-16)9-13-8-11-4-5-12(13)7-11/h6,11-14,17H,3-5,7-9,16H2,1-2H3. The van der Waals surface area contributed by atoms with Crippen molar-refractivity contribution in [2.45, 2.75) is 58.5 Å². The van der Waals surface area contributed by atoms with Crippen molar-refractivity contribution in [2.75, 3.05) is 0 Å². The SMILES string of the molecule is CCn1nc(C)cc1C(CC1CC2CCC1C2)NN. The molecule has 106 valence electrons. The maximum Gasteiger partial charge on any atom is 0.0631 e. The van der Waals surface area contributed by atoms with Gasteiger partial charge in [-0.1, -0.05) is 6.42 Å². The Kier molecular flexibility index (Phi) is 3.63. The first-order valence-corrected chi connectivity index (χ1v) is 7.71. The molecular weight excluding hydrogens is 236 g/mol. The largest absolute Gasteiger partial charge is 0.271 e. The monoisotopic (exact) mass is 262 g/mol. The number of nitrogens with one attached hydrogen (secondary N) is 1. The third-order valence-electron chi connectivity index (χ3n) is 5.21. The topological polar surface area (TPSA) is 55.9 Å². The highest BCUT2D eigenvalue weighted by Crippen LogP contribution is 2.50. The molecule has 0 radical (unpaired) electrons. The van der Waals surface area contributed by atoms with E-state index in [2.05, 4.69) is 35.1 Å². The summed E-state index contributed by atoms with van der Waals surface area (Å²) in [6.45, 7) is 5.11. The van der Waals surface area contributed by atoms with Gasteiger partial charge in [0.05, 0.1) is 17.4 Å². The summed E-state index contributed by atoms with van der Waals surface area (Å²) in [6, 6.07) is 2.44. The van der Waals surface area contributed by atoms with E-state index in [-0.39, 0.29) is 6.04 Å². The van der Waals surface area contributed by atoms with Crippen LogP contribution in [0.3, 0.4) is 0 Å². The Hall–Kier alpha value is -0.870. The van der Waals surface area contributed by atoms with Gasteiger partial charge in [-0.25, -0.2) is 0 Å². The van der Waals surface area contributed by atoms with E-state index in [9.17, 15) is 0 Å². The van der Waals surface area contributed by atoms with Crippen LogP contribution in [0.1, 0.15) is 56.5 Å². The van der Waals surface area contributed by atoms with Crippen LogP contribution in [-0.4, -0.2) is 9.78 Å². The van der Waals surface area contributed by atoms with Gasteiger partial charge in [0.25, 0.3) is 0 Å². The molecular formula is C15H26N4. The van der Waals surface area contributed by atoms with E-state index < -0.39 is 0 Å². The number of nitrogens with zero attached hydrogens (tertiary/aromatic N) is 2. The zero-order chi connectivity index (χ0) is 13.4. The molecule has 1 aromatic heterocycles. The van der Waals surface area contributed by atoms with Crippen LogP contribution in [0.5, 0.6) is 0 Å². The summed E-state index contributed by atoms with van der Waals surface area (Å²) in [6.07, 6.45) is 6.96. The van der Waals surface area contributed by atoms with Crippen LogP contribution in [0.25, 0.3) is 0 Å². The number of hydrazine groups is 1. The van der Waals surface area contributed by atoms with E-state index in [1.54, 1.807) is 0 Å². The zero-order valence-electron chi connectivity index (χ0n) is 12.1. The van der Waals surface area contributed by atoms with Crippen LogP contribution in [0.15, 0.2) is 6.07 Å². The van der Waals surface area contributed by atoms with Crippen molar-refractivity contribution < 1.29 is 0 Å². The van der Waals surface area contributed by atoms with Crippen LogP contribution in [0, 0.1) is 24.7 Å². The molecule has 2 aliphatic carbocycles. The Labute approximate surface area is 115 Å². The van der Waals surface area contributed by atoms with Gasteiger partial charge in [0.15, 0.2) is 0 Å². The Morgan fingerprint density at radius 1 is 1.47 bits per heavy atom. The van der Waals surface area contributed by atoms with Crippen molar-refractivity contribution in [1.82, 2.24) is 15.2 Å². The van der Waals surface area contributed by atoms with Gasteiger partial charge in [-0.05, 0) is 63.4 Å². The number of nitrogens with two attached hydrogens (primary N) is 1. The molecule has 2 fully saturated rings. The molecule has 0 saturated heterocycles. The van der Waals surface area contributed by atoms with Gasteiger partial charge in [0.1, 0.15) is 0 Å². The van der Waals surface area contributed by atoms with E-state index >= 15 is 0 Å². The smallest absolute Gasteiger partial charge is 0.0631 e. The summed E-state index contributed by atoms with van der Waals surface area (Å²) in [7, 11) is 0. The summed E-state index contributed by atoms with van der Waals surface area (Å²) in [5, 5.41) is 4.54. The summed E-state index contributed by atoms with van der Waals surface area (Å²) < 4.78 is 2.09. The minimum absolute atomic E-state index is 0.255. The first-order valence-electron chi connectivity index (χ1n) is 7.71. The van der Waals surface area contributed by atoms with Gasteiger partial charge in [0, 0.05) is 6.54 Å². The molecule has 2 bridgehead atoms. The Morgan fingerprint density at radius 3 is 2.89 bits per heavy atom. The first kappa shape index (κ1) is 13.1. The quantitative estimate of drug-likeness (QED) is 0.633. The van der Waals surface area contributed by atoms with E-state index in [1.807, 2.05) is 0 Å². The molecule has 4 heteroatoms. The molecule has 0 spiro atoms. The fraction of sp³-hybridized carbons (Fsp3) is 0.800. The van der Waals surface area contributed by atoms with E-state index in [1.165, 1.54) is 37.8 Å². The second kappa shape index (κ2) is 5.25. The summed E-state index contributed by atoms with van der Waals surface area (Å²) in [5.74, 6) is 8.65. The molecule has 0 amide bonds. The Morgan fingerprint density at radius 2 is 2.32 bits per heavy atom. The fourth-order valence-corrected chi connectivity index (χ4v) is 4.34. The van der Waals surface area contributed by atoms with Gasteiger partial charge < -0.3 is 0 Å². The van der Waals surface area contributed by atoms with Gasteiger partial charge in [-0.3, -0.25) is 16.0 Å². The van der Waals surface area contributed by atoms with Crippen molar-refractivity contribution in [1.29, 1.82) is 0 Å². The fourth-order valence-electron chi connectivity index (χ4n) is 4.34. The predicted octanol–water partition coefficient (Wildman–Crippen LogP) is 2.54. The molecule has 3 N–H and O–H groups in total. The second-order valence-corrected chi connectivity index (χ2v) is 6.42. The molecule has 19 heavy (non-hydrogen) atoms. The minimum Gasteiger partial charge on any atom is -0.271 e. The number of fused-ring (bicyclic) bond motifs is 2. The van der Waals surface area contributed by atoms with Crippen molar-refractivity contribution >= 4 is 0 Å². The average Bonchev–Trinajstić information content (AvgIpc) is 3.10. The predicted molar refractivity (Wildman–Crippen MR) is 76.3 cm³/mol. The van der Waals surface area contributed by atoms with E-state index in [0.29, 0.717) is 0 Å². The second-order valence-electron chi connectivity index (χ2n) is 6.42. The molecule has 2 saturated carbocycles. The first-order chi connectivity index (χ1) is 9.21. The number of aryl methyl sites for hydroxylation is 2. The van der Waals surface area contributed by atoms with Crippen LogP contribution in [0.4, 0.5) is 0 Å². The lowest BCUT2D eigenvalue weighted by Crippen LogP contribution is -2.32. The van der Waals surface area contributed by atoms with Crippen LogP contribution in [0.2, 0.25) is 0 Å². The van der Waals surface area contributed by atoms with Gasteiger partial charge in [-0.2, -0.15) is 5.10 Å². The van der Waals surface area contributed by atoms with Crippen molar-refractivity contribution in [3.8, 4) is 0 Å². The maximum absolute atomic E-state index is 5.82. The lowest BCUT2D eigenvalue weighted by atomic mass is 9.83. The maximum atomic E-state index is 5.82. The van der Waals surface area contributed by atoms with E-state index in [0.717, 1.165) is 30.0 Å². The lowest BCUT2D eigenvalue weighted by Gasteiger charge is -2.26. The van der Waals surface area contributed by atoms with Crippen molar-refractivity contribution in [3.63, 3.8) is 0 Å². The van der Waals surface area contributed by atoms with Crippen molar-refractivity contribution in [2.24, 2.45) is 23.6 Å². The summed E-state index contributed by atoms with van der Waals surface area (Å²) in [4.78, 5) is 0. The van der Waals surface area contributed by atoms with Gasteiger partial charge >= 0.3 is 0 Å². The summed E-state index contributed by atoms with van der Waals surface area (Å²) in [5.41, 5.74) is 5.37. The molecule has 4 nitrogen and oxygen atoms in total. The molecule has 1 heterocycles. The molecule has 0 aliphatic heterocycles. The highest BCUT2D eigenvalue weighted by Gasteiger charge is 2.40. The molecule has 4 atom stereocenters. The Balaban J connectivity index is 1.73.